The first-order valence-electron chi connectivity index (χ1n) is 6.29. The number of hydrazine groups is 1. The predicted molar refractivity (Wildman–Crippen MR) is 76.1 cm³/mol. The first-order chi connectivity index (χ1) is 9.51. The van der Waals surface area contributed by atoms with Crippen LogP contribution in [0.1, 0.15) is 33.3 Å². The summed E-state index contributed by atoms with van der Waals surface area (Å²) >= 11 is 0. The Bertz CT molecular complexity index is 615. The summed E-state index contributed by atoms with van der Waals surface area (Å²) in [6.45, 7) is 5.87. The molecule has 0 aliphatic carbocycles. The summed E-state index contributed by atoms with van der Waals surface area (Å²) in [6, 6.07) is 5.40. The van der Waals surface area contributed by atoms with Crippen LogP contribution in [0.25, 0.3) is 0 Å². The van der Waals surface area contributed by atoms with Gasteiger partial charge in [0.15, 0.2) is 0 Å². The number of carbonyl (C=O) groups excluding carboxylic acids is 1. The highest BCUT2D eigenvalue weighted by atomic mass is 16.4. The molecule has 20 heavy (non-hydrogen) atoms. The van der Waals surface area contributed by atoms with Gasteiger partial charge in [0.2, 0.25) is 5.89 Å². The maximum Gasteiger partial charge on any atom is 0.253 e. The lowest BCUT2D eigenvalue weighted by Gasteiger charge is -2.09. The smallest absolute Gasteiger partial charge is 0.253 e. The highest BCUT2D eigenvalue weighted by molar-refractivity contribution is 5.99. The van der Waals surface area contributed by atoms with Gasteiger partial charge in [0.1, 0.15) is 5.76 Å². The summed E-state index contributed by atoms with van der Waals surface area (Å²) in [5.74, 6) is 6.44. The lowest BCUT2D eigenvalue weighted by atomic mass is 10.1. The molecule has 2 aromatic rings. The van der Waals surface area contributed by atoms with Crippen LogP contribution in [0, 0.1) is 20.8 Å². The van der Waals surface area contributed by atoms with Crippen LogP contribution in [0.3, 0.4) is 0 Å². The molecule has 0 radical (unpaired) electrons. The van der Waals surface area contributed by atoms with Gasteiger partial charge in [0.05, 0.1) is 23.5 Å². The van der Waals surface area contributed by atoms with E-state index in [9.17, 15) is 4.79 Å². The number of hydrogen-bond donors (Lipinski definition) is 3. The standard InChI is InChI=1S/C14H18N4O2/c1-8-4-5-11(12(6-8)18-15)14(19)16-7-13-17-9(2)10(3)20-13/h4-6,18H,7,15H2,1-3H3,(H,16,19). The van der Waals surface area contributed by atoms with E-state index in [-0.39, 0.29) is 12.5 Å². The monoisotopic (exact) mass is 274 g/mol. The SMILES string of the molecule is Cc1ccc(C(=O)NCc2nc(C)c(C)o2)c(NN)c1. The minimum Gasteiger partial charge on any atom is -0.444 e. The van der Waals surface area contributed by atoms with Crippen LogP contribution in [-0.2, 0) is 6.54 Å². The van der Waals surface area contributed by atoms with E-state index in [1.807, 2.05) is 32.9 Å². The largest absolute Gasteiger partial charge is 0.444 e. The molecule has 0 unspecified atom stereocenters. The van der Waals surface area contributed by atoms with E-state index < -0.39 is 0 Å². The number of amides is 1. The van der Waals surface area contributed by atoms with Crippen molar-refractivity contribution < 1.29 is 9.21 Å². The summed E-state index contributed by atoms with van der Waals surface area (Å²) in [5.41, 5.74) is 5.45. The molecular formula is C14H18N4O2. The average Bonchev–Trinajstić information content (AvgIpc) is 2.75. The molecule has 0 spiro atoms. The van der Waals surface area contributed by atoms with Gasteiger partial charge in [-0.15, -0.1) is 0 Å². The molecule has 2 rings (SSSR count). The number of anilines is 1. The lowest BCUT2D eigenvalue weighted by molar-refractivity contribution is 0.0948. The summed E-state index contributed by atoms with van der Waals surface area (Å²) in [6.07, 6.45) is 0. The van der Waals surface area contributed by atoms with Gasteiger partial charge < -0.3 is 15.2 Å². The molecule has 0 bridgehead atoms. The third-order valence-corrected chi connectivity index (χ3v) is 3.05. The molecule has 0 aliphatic heterocycles. The topological polar surface area (TPSA) is 93.2 Å². The number of benzene rings is 1. The van der Waals surface area contributed by atoms with Gasteiger partial charge in [-0.1, -0.05) is 6.07 Å². The normalized spacial score (nSPS) is 10.4. The minimum atomic E-state index is -0.230. The zero-order valence-electron chi connectivity index (χ0n) is 11.8. The van der Waals surface area contributed by atoms with Crippen LogP contribution in [-0.4, -0.2) is 10.9 Å². The number of oxazole rings is 1. The second-order valence-electron chi connectivity index (χ2n) is 4.63. The quantitative estimate of drug-likeness (QED) is 0.584. The number of aryl methyl sites for hydroxylation is 3. The average molecular weight is 274 g/mol. The Hall–Kier alpha value is -2.34. The Morgan fingerprint density at radius 3 is 2.70 bits per heavy atom. The van der Waals surface area contributed by atoms with Crippen LogP contribution in [0.4, 0.5) is 5.69 Å². The maximum absolute atomic E-state index is 12.1. The fraction of sp³-hybridized carbons (Fsp3) is 0.286. The Morgan fingerprint density at radius 2 is 2.10 bits per heavy atom. The van der Waals surface area contributed by atoms with Gasteiger partial charge in [-0.2, -0.15) is 0 Å². The van der Waals surface area contributed by atoms with Crippen molar-refractivity contribution in [3.05, 3.63) is 46.7 Å². The van der Waals surface area contributed by atoms with Crippen LogP contribution in [0.2, 0.25) is 0 Å². The van der Waals surface area contributed by atoms with Crippen LogP contribution in [0.5, 0.6) is 0 Å². The molecule has 106 valence electrons. The van der Waals surface area contributed by atoms with Crippen molar-refractivity contribution in [2.75, 3.05) is 5.43 Å². The number of aromatic nitrogens is 1. The van der Waals surface area contributed by atoms with E-state index in [2.05, 4.69) is 15.7 Å². The van der Waals surface area contributed by atoms with Crippen molar-refractivity contribution in [1.29, 1.82) is 0 Å². The fourth-order valence-corrected chi connectivity index (χ4v) is 1.84. The predicted octanol–water partition coefficient (Wildman–Crippen LogP) is 1.82. The number of nitrogens with zero attached hydrogens (tertiary/aromatic N) is 1. The molecule has 1 amide bonds. The van der Waals surface area contributed by atoms with E-state index in [0.717, 1.165) is 17.0 Å². The number of hydrogen-bond acceptors (Lipinski definition) is 5. The molecule has 1 aromatic carbocycles. The molecule has 6 nitrogen and oxygen atoms in total. The second-order valence-corrected chi connectivity index (χ2v) is 4.63. The van der Waals surface area contributed by atoms with Crippen molar-refractivity contribution in [3.8, 4) is 0 Å². The van der Waals surface area contributed by atoms with E-state index >= 15 is 0 Å². The highest BCUT2D eigenvalue weighted by Crippen LogP contribution is 2.16. The van der Waals surface area contributed by atoms with Crippen molar-refractivity contribution >= 4 is 11.6 Å². The molecule has 1 heterocycles. The van der Waals surface area contributed by atoms with Crippen molar-refractivity contribution in [3.63, 3.8) is 0 Å². The molecule has 0 saturated heterocycles. The summed E-state index contributed by atoms with van der Waals surface area (Å²) < 4.78 is 5.41. The van der Waals surface area contributed by atoms with Gasteiger partial charge in [-0.25, -0.2) is 4.98 Å². The van der Waals surface area contributed by atoms with Gasteiger partial charge in [0.25, 0.3) is 5.91 Å². The maximum atomic E-state index is 12.1. The van der Waals surface area contributed by atoms with Gasteiger partial charge >= 0.3 is 0 Å². The minimum absolute atomic E-state index is 0.230. The van der Waals surface area contributed by atoms with E-state index in [1.54, 1.807) is 6.07 Å². The zero-order chi connectivity index (χ0) is 14.7. The van der Waals surface area contributed by atoms with E-state index in [4.69, 9.17) is 10.3 Å². The summed E-state index contributed by atoms with van der Waals surface area (Å²) in [4.78, 5) is 16.3. The highest BCUT2D eigenvalue weighted by Gasteiger charge is 2.12. The van der Waals surface area contributed by atoms with Crippen LogP contribution in [0.15, 0.2) is 22.6 Å². The molecule has 6 heteroatoms. The molecule has 0 aliphatic rings. The Balaban J connectivity index is 2.08. The first kappa shape index (κ1) is 14.1. The van der Waals surface area contributed by atoms with Gasteiger partial charge in [-0.3, -0.25) is 10.6 Å². The zero-order valence-corrected chi connectivity index (χ0v) is 11.8. The number of carbonyl (C=O) groups is 1. The van der Waals surface area contributed by atoms with Crippen molar-refractivity contribution in [1.82, 2.24) is 10.3 Å². The van der Waals surface area contributed by atoms with Crippen LogP contribution < -0.4 is 16.6 Å². The summed E-state index contributed by atoms with van der Waals surface area (Å²) in [5, 5.41) is 2.76. The molecule has 0 fully saturated rings. The molecule has 1 aromatic heterocycles. The number of nitrogens with two attached hydrogens (primary N) is 1. The Morgan fingerprint density at radius 1 is 1.35 bits per heavy atom. The Kier molecular flexibility index (Phi) is 4.05. The molecule has 4 N–H and O–H groups in total. The van der Waals surface area contributed by atoms with Crippen molar-refractivity contribution in [2.24, 2.45) is 5.84 Å². The first-order valence-corrected chi connectivity index (χ1v) is 6.29. The number of rotatable bonds is 4. The van der Waals surface area contributed by atoms with Gasteiger partial charge in [-0.05, 0) is 38.5 Å². The second kappa shape index (κ2) is 5.75. The van der Waals surface area contributed by atoms with Crippen molar-refractivity contribution in [2.45, 2.75) is 27.3 Å². The third-order valence-electron chi connectivity index (χ3n) is 3.05. The lowest BCUT2D eigenvalue weighted by Crippen LogP contribution is -2.25. The van der Waals surface area contributed by atoms with E-state index in [0.29, 0.717) is 17.1 Å². The van der Waals surface area contributed by atoms with Crippen LogP contribution >= 0.6 is 0 Å². The molecule has 0 atom stereocenters. The Labute approximate surface area is 117 Å². The summed E-state index contributed by atoms with van der Waals surface area (Å²) in [7, 11) is 0. The number of nitrogen functional groups attached to an aromatic ring is 1. The molecular weight excluding hydrogens is 256 g/mol. The number of nitrogens with one attached hydrogen (secondary N) is 2. The third kappa shape index (κ3) is 2.97. The molecule has 0 saturated carbocycles. The van der Waals surface area contributed by atoms with E-state index in [1.165, 1.54) is 0 Å². The van der Waals surface area contributed by atoms with Gasteiger partial charge in [0, 0.05) is 0 Å². The fourth-order valence-electron chi connectivity index (χ4n) is 1.84.